The summed E-state index contributed by atoms with van der Waals surface area (Å²) in [7, 11) is 1.22. The monoisotopic (exact) mass is 495 g/mol. The molecule has 2 aromatic carbocycles. The van der Waals surface area contributed by atoms with Gasteiger partial charge in [0.15, 0.2) is 11.5 Å². The summed E-state index contributed by atoms with van der Waals surface area (Å²) >= 11 is 0. The van der Waals surface area contributed by atoms with Gasteiger partial charge in [0.25, 0.3) is 0 Å². The van der Waals surface area contributed by atoms with E-state index in [4.69, 9.17) is 23.5 Å². The Bertz CT molecular complexity index is 1280. The predicted octanol–water partition coefficient (Wildman–Crippen LogP) is 4.17. The van der Waals surface area contributed by atoms with E-state index < -0.39 is 17.9 Å². The van der Waals surface area contributed by atoms with Gasteiger partial charge in [0.05, 0.1) is 19.3 Å². The van der Waals surface area contributed by atoms with E-state index in [0.717, 1.165) is 5.56 Å². The van der Waals surface area contributed by atoms with E-state index in [1.807, 2.05) is 6.07 Å². The third-order valence-electron chi connectivity index (χ3n) is 4.86. The molecule has 3 rings (SSSR count). The molecular weight excluding hydrogens is 470 g/mol. The number of hydrogen-bond acceptors (Lipinski definition) is 10. The number of rotatable bonds is 10. The number of esters is 3. The summed E-state index contributed by atoms with van der Waals surface area (Å²) in [5, 5.41) is 13.8. The zero-order valence-electron chi connectivity index (χ0n) is 20.0. The fraction of sp³-hybridized carbons (Fsp3) is 0.231. The van der Waals surface area contributed by atoms with Crippen LogP contribution < -0.4 is 4.74 Å². The van der Waals surface area contributed by atoms with Crippen LogP contribution in [0.2, 0.25) is 0 Å². The van der Waals surface area contributed by atoms with Crippen LogP contribution in [0, 0.1) is 0 Å². The highest BCUT2D eigenvalue weighted by Gasteiger charge is 2.25. The van der Waals surface area contributed by atoms with E-state index >= 15 is 0 Å². The minimum absolute atomic E-state index is 0.0570. The van der Waals surface area contributed by atoms with Gasteiger partial charge in [-0.15, -0.1) is 0 Å². The molecule has 0 unspecified atom stereocenters. The maximum atomic E-state index is 12.3. The first kappa shape index (κ1) is 26.0. The van der Waals surface area contributed by atoms with Crippen LogP contribution in [-0.2, 0) is 25.6 Å². The summed E-state index contributed by atoms with van der Waals surface area (Å²) in [6.45, 7) is 2.98. The molecule has 188 valence electrons. The lowest BCUT2D eigenvalue weighted by Gasteiger charge is -2.10. The third kappa shape index (κ3) is 6.29. The second-order valence-electron chi connectivity index (χ2n) is 7.32. The number of benzene rings is 2. The molecule has 0 atom stereocenters. The zero-order valence-corrected chi connectivity index (χ0v) is 20.0. The molecule has 1 N–H and O–H groups in total. The molecule has 0 saturated carbocycles. The minimum Gasteiger partial charge on any atom is -0.507 e. The van der Waals surface area contributed by atoms with Crippen molar-refractivity contribution in [1.29, 1.82) is 0 Å². The van der Waals surface area contributed by atoms with Crippen LogP contribution in [0.3, 0.4) is 0 Å². The molecule has 36 heavy (non-hydrogen) atoms. The molecule has 10 nitrogen and oxygen atoms in total. The normalized spacial score (nSPS) is 10.8. The summed E-state index contributed by atoms with van der Waals surface area (Å²) < 4.78 is 25.8. The van der Waals surface area contributed by atoms with Crippen LogP contribution in [0.5, 0.6) is 11.5 Å². The highest BCUT2D eigenvalue weighted by Crippen LogP contribution is 2.30. The number of nitrogens with zero attached hydrogens (tertiary/aromatic N) is 1. The van der Waals surface area contributed by atoms with Crippen molar-refractivity contribution < 1.29 is 43.0 Å². The molecule has 0 amide bonds. The molecule has 0 aliphatic heterocycles. The number of ether oxygens (including phenoxy) is 4. The number of phenolic OH excluding ortho intramolecular Hbond substituents is 1. The Morgan fingerprint density at radius 2 is 1.86 bits per heavy atom. The van der Waals surface area contributed by atoms with Crippen molar-refractivity contribution in [1.82, 2.24) is 5.16 Å². The van der Waals surface area contributed by atoms with E-state index in [0.29, 0.717) is 11.1 Å². The first-order valence-electron chi connectivity index (χ1n) is 10.9. The number of carbonyl (C=O) groups is 3. The van der Waals surface area contributed by atoms with E-state index in [9.17, 15) is 19.5 Å². The Kier molecular flexibility index (Phi) is 8.82. The van der Waals surface area contributed by atoms with Crippen LogP contribution in [0.15, 0.2) is 53.1 Å². The van der Waals surface area contributed by atoms with E-state index in [2.05, 4.69) is 5.16 Å². The predicted molar refractivity (Wildman–Crippen MR) is 127 cm³/mol. The SMILES string of the molecule is CCOC(=O)c1noc(-c2cccc(C=CCOc3cccc(O)c3C(=O)OC)c2)c1COC(C)=O. The molecular formula is C26H25NO9. The number of carbonyl (C=O) groups excluding carboxylic acids is 3. The Balaban J connectivity index is 1.79. The number of methoxy groups -OCH3 is 1. The van der Waals surface area contributed by atoms with Gasteiger partial charge in [-0.3, -0.25) is 4.79 Å². The Labute approximate surface area is 207 Å². The lowest BCUT2D eigenvalue weighted by molar-refractivity contribution is -0.142. The van der Waals surface area contributed by atoms with Crippen LogP contribution in [0.1, 0.15) is 45.8 Å². The highest BCUT2D eigenvalue weighted by molar-refractivity contribution is 5.95. The summed E-state index contributed by atoms with van der Waals surface area (Å²) in [5.41, 5.74) is 1.55. The highest BCUT2D eigenvalue weighted by atomic mass is 16.5. The summed E-state index contributed by atoms with van der Waals surface area (Å²) in [6.07, 6.45) is 3.49. The second kappa shape index (κ2) is 12.2. The molecule has 1 aromatic heterocycles. The van der Waals surface area contributed by atoms with E-state index in [-0.39, 0.29) is 48.3 Å². The third-order valence-corrected chi connectivity index (χ3v) is 4.86. The van der Waals surface area contributed by atoms with E-state index in [1.165, 1.54) is 20.1 Å². The summed E-state index contributed by atoms with van der Waals surface area (Å²) in [6, 6.07) is 11.6. The topological polar surface area (TPSA) is 134 Å². The average molecular weight is 495 g/mol. The van der Waals surface area contributed by atoms with Crippen molar-refractivity contribution in [2.45, 2.75) is 20.5 Å². The molecule has 1 heterocycles. The van der Waals surface area contributed by atoms with Gasteiger partial charge in [0.1, 0.15) is 30.3 Å². The number of aromatic nitrogens is 1. The number of aromatic hydroxyl groups is 1. The summed E-state index contributed by atoms with van der Waals surface area (Å²) in [5.74, 6) is -1.69. The van der Waals surface area contributed by atoms with Gasteiger partial charge in [-0.25, -0.2) is 9.59 Å². The molecule has 3 aromatic rings. The fourth-order valence-electron chi connectivity index (χ4n) is 3.26. The molecule has 0 radical (unpaired) electrons. The zero-order chi connectivity index (χ0) is 26.1. The van der Waals surface area contributed by atoms with Gasteiger partial charge in [-0.1, -0.05) is 35.5 Å². The second-order valence-corrected chi connectivity index (χ2v) is 7.32. The van der Waals surface area contributed by atoms with Gasteiger partial charge in [0, 0.05) is 12.5 Å². The van der Waals surface area contributed by atoms with Crippen molar-refractivity contribution in [2.24, 2.45) is 0 Å². The fourth-order valence-corrected chi connectivity index (χ4v) is 3.26. The smallest absolute Gasteiger partial charge is 0.360 e. The molecule has 0 bridgehead atoms. The average Bonchev–Trinajstić information content (AvgIpc) is 3.29. The van der Waals surface area contributed by atoms with Crippen LogP contribution in [-0.4, -0.2) is 48.5 Å². The van der Waals surface area contributed by atoms with Crippen molar-refractivity contribution >= 4 is 24.0 Å². The van der Waals surface area contributed by atoms with Gasteiger partial charge in [0.2, 0.25) is 0 Å². The molecule has 0 spiro atoms. The van der Waals surface area contributed by atoms with Gasteiger partial charge < -0.3 is 28.6 Å². The first-order valence-corrected chi connectivity index (χ1v) is 10.9. The van der Waals surface area contributed by atoms with Crippen molar-refractivity contribution in [2.75, 3.05) is 20.3 Å². The van der Waals surface area contributed by atoms with Crippen LogP contribution >= 0.6 is 0 Å². The number of hydrogen-bond donors (Lipinski definition) is 1. The van der Waals surface area contributed by atoms with Crippen molar-refractivity contribution in [3.8, 4) is 22.8 Å². The molecule has 0 fully saturated rings. The first-order chi connectivity index (χ1) is 17.3. The van der Waals surface area contributed by atoms with Crippen molar-refractivity contribution in [3.63, 3.8) is 0 Å². The number of phenols is 1. The lowest BCUT2D eigenvalue weighted by Crippen LogP contribution is -2.10. The van der Waals surface area contributed by atoms with Crippen LogP contribution in [0.4, 0.5) is 0 Å². The standard InChI is InChI=1S/C26H25NO9/c1-4-33-26(31)23-19(15-35-16(2)28)24(36-27-23)18-10-5-8-17(14-18)9-7-13-34-21-12-6-11-20(29)22(21)25(30)32-3/h5-12,14,29H,4,13,15H2,1-3H3. The maximum absolute atomic E-state index is 12.3. The molecule has 0 aliphatic rings. The Morgan fingerprint density at radius 3 is 2.58 bits per heavy atom. The van der Waals surface area contributed by atoms with Gasteiger partial charge in [-0.2, -0.15) is 0 Å². The molecule has 0 saturated heterocycles. The summed E-state index contributed by atoms with van der Waals surface area (Å²) in [4.78, 5) is 35.5. The lowest BCUT2D eigenvalue weighted by atomic mass is 10.0. The van der Waals surface area contributed by atoms with Crippen molar-refractivity contribution in [3.05, 3.63) is 70.9 Å². The molecule has 0 aliphatic carbocycles. The Hall–Kier alpha value is -4.60. The quantitative estimate of drug-likeness (QED) is 0.323. The van der Waals surface area contributed by atoms with Gasteiger partial charge in [-0.05, 0) is 36.8 Å². The van der Waals surface area contributed by atoms with Gasteiger partial charge >= 0.3 is 17.9 Å². The van der Waals surface area contributed by atoms with E-state index in [1.54, 1.807) is 49.4 Å². The minimum atomic E-state index is -0.710. The van der Waals surface area contributed by atoms with Crippen LogP contribution in [0.25, 0.3) is 17.4 Å². The largest absolute Gasteiger partial charge is 0.507 e. The maximum Gasteiger partial charge on any atom is 0.360 e. The Morgan fingerprint density at radius 1 is 1.08 bits per heavy atom. The molecule has 10 heteroatoms.